The summed E-state index contributed by atoms with van der Waals surface area (Å²) in [7, 11) is 1.66. The molecule has 0 atom stereocenters. The van der Waals surface area contributed by atoms with Gasteiger partial charge in [-0.1, -0.05) is 6.07 Å². The zero-order valence-electron chi connectivity index (χ0n) is 12.9. The van der Waals surface area contributed by atoms with E-state index in [1.165, 1.54) is 17.7 Å². The lowest BCUT2D eigenvalue weighted by Gasteiger charge is -2.10. The second kappa shape index (κ2) is 6.13. The largest absolute Gasteiger partial charge is 0.497 e. The van der Waals surface area contributed by atoms with E-state index in [2.05, 4.69) is 17.1 Å². The molecule has 2 aromatic carbocycles. The highest BCUT2D eigenvalue weighted by molar-refractivity contribution is 8.00. The molecule has 3 nitrogen and oxygen atoms in total. The summed E-state index contributed by atoms with van der Waals surface area (Å²) in [5.74, 6) is 2.47. The lowest BCUT2D eigenvalue weighted by Crippen LogP contribution is -1.89. The molecule has 0 unspecified atom stereocenters. The highest BCUT2D eigenvalue weighted by Crippen LogP contribution is 2.40. The Balaban J connectivity index is 1.64. The van der Waals surface area contributed by atoms with Gasteiger partial charge in [-0.3, -0.25) is 4.98 Å². The summed E-state index contributed by atoms with van der Waals surface area (Å²) in [4.78, 5) is 5.66. The van der Waals surface area contributed by atoms with Crippen molar-refractivity contribution < 1.29 is 9.47 Å². The summed E-state index contributed by atoms with van der Waals surface area (Å²) in [5.41, 5.74) is 0.866. The van der Waals surface area contributed by atoms with Crippen LogP contribution in [0.1, 0.15) is 12.8 Å². The molecule has 4 rings (SSSR count). The molecule has 1 fully saturated rings. The van der Waals surface area contributed by atoms with Crippen LogP contribution in [0.4, 0.5) is 0 Å². The molecule has 1 aliphatic carbocycles. The first-order valence-electron chi connectivity index (χ1n) is 7.69. The monoisotopic (exact) mass is 323 g/mol. The van der Waals surface area contributed by atoms with Crippen molar-refractivity contribution in [2.75, 3.05) is 7.11 Å². The summed E-state index contributed by atoms with van der Waals surface area (Å²) in [5, 5.41) is 1.77. The number of thioether (sulfide) groups is 1. The van der Waals surface area contributed by atoms with E-state index in [9.17, 15) is 0 Å². The third-order valence-corrected chi connectivity index (χ3v) is 5.10. The van der Waals surface area contributed by atoms with E-state index in [1.807, 2.05) is 48.2 Å². The van der Waals surface area contributed by atoms with Gasteiger partial charge in [-0.05, 0) is 49.2 Å². The molecule has 23 heavy (non-hydrogen) atoms. The number of rotatable bonds is 5. The van der Waals surface area contributed by atoms with Crippen LogP contribution in [0.25, 0.3) is 10.9 Å². The minimum Gasteiger partial charge on any atom is -0.497 e. The fourth-order valence-electron chi connectivity index (χ4n) is 2.43. The van der Waals surface area contributed by atoms with Gasteiger partial charge in [0.1, 0.15) is 17.2 Å². The molecule has 0 radical (unpaired) electrons. The lowest BCUT2D eigenvalue weighted by molar-refractivity contribution is 0.415. The van der Waals surface area contributed by atoms with Crippen LogP contribution in [0.15, 0.2) is 59.6 Å². The smallest absolute Gasteiger partial charge is 0.138 e. The summed E-state index contributed by atoms with van der Waals surface area (Å²) in [6.45, 7) is 0. The third kappa shape index (κ3) is 3.27. The Hall–Kier alpha value is -2.20. The molecule has 0 aliphatic heterocycles. The molecule has 0 saturated heterocycles. The number of fused-ring (bicyclic) bond motifs is 1. The van der Waals surface area contributed by atoms with Crippen LogP contribution in [-0.2, 0) is 0 Å². The van der Waals surface area contributed by atoms with E-state index in [-0.39, 0.29) is 0 Å². The highest BCUT2D eigenvalue weighted by atomic mass is 32.2. The van der Waals surface area contributed by atoms with Crippen LogP contribution in [0.5, 0.6) is 17.2 Å². The number of ether oxygens (including phenoxy) is 2. The minimum absolute atomic E-state index is 0.791. The SMILES string of the molecule is COc1ccc2c(Oc3cccc(SC4CC4)c3)ccnc2c1. The van der Waals surface area contributed by atoms with Crippen LogP contribution < -0.4 is 9.47 Å². The number of nitrogens with zero attached hydrogens (tertiary/aromatic N) is 1. The molecule has 3 aromatic rings. The number of pyridine rings is 1. The first-order valence-corrected chi connectivity index (χ1v) is 8.57. The van der Waals surface area contributed by atoms with Crippen molar-refractivity contribution in [1.29, 1.82) is 0 Å². The number of aromatic nitrogens is 1. The minimum atomic E-state index is 0.791. The van der Waals surface area contributed by atoms with Crippen molar-refractivity contribution in [2.24, 2.45) is 0 Å². The van der Waals surface area contributed by atoms with Gasteiger partial charge < -0.3 is 9.47 Å². The van der Waals surface area contributed by atoms with Crippen LogP contribution in [0.2, 0.25) is 0 Å². The molecule has 1 aliphatic rings. The van der Waals surface area contributed by atoms with Gasteiger partial charge in [0, 0.05) is 27.8 Å². The maximum absolute atomic E-state index is 6.11. The number of methoxy groups -OCH3 is 1. The normalized spacial score (nSPS) is 14.0. The second-order valence-electron chi connectivity index (χ2n) is 5.59. The van der Waals surface area contributed by atoms with Crippen molar-refractivity contribution in [3.05, 3.63) is 54.7 Å². The van der Waals surface area contributed by atoms with Crippen molar-refractivity contribution in [1.82, 2.24) is 4.98 Å². The van der Waals surface area contributed by atoms with Crippen molar-refractivity contribution in [2.45, 2.75) is 23.0 Å². The predicted molar refractivity (Wildman–Crippen MR) is 93.7 cm³/mol. The van der Waals surface area contributed by atoms with E-state index in [4.69, 9.17) is 9.47 Å². The van der Waals surface area contributed by atoms with Gasteiger partial charge in [0.05, 0.1) is 12.6 Å². The fourth-order valence-corrected chi connectivity index (χ4v) is 3.53. The lowest BCUT2D eigenvalue weighted by atomic mass is 10.2. The molecule has 1 aromatic heterocycles. The van der Waals surface area contributed by atoms with Gasteiger partial charge in [0.25, 0.3) is 0 Å². The van der Waals surface area contributed by atoms with E-state index in [0.717, 1.165) is 33.4 Å². The highest BCUT2D eigenvalue weighted by Gasteiger charge is 2.22. The first kappa shape index (κ1) is 14.4. The molecule has 116 valence electrons. The Kier molecular flexibility index (Phi) is 3.83. The second-order valence-corrected chi connectivity index (χ2v) is 6.96. The summed E-state index contributed by atoms with van der Waals surface area (Å²) in [6.07, 6.45) is 4.42. The molecule has 0 bridgehead atoms. The molecular formula is C19H17NO2S. The Labute approximate surface area is 139 Å². The molecule has 1 heterocycles. The van der Waals surface area contributed by atoms with Crippen LogP contribution in [-0.4, -0.2) is 17.3 Å². The Morgan fingerprint density at radius 3 is 2.78 bits per heavy atom. The van der Waals surface area contributed by atoms with Crippen molar-refractivity contribution in [3.63, 3.8) is 0 Å². The number of hydrogen-bond donors (Lipinski definition) is 0. The van der Waals surface area contributed by atoms with Crippen LogP contribution in [0.3, 0.4) is 0 Å². The van der Waals surface area contributed by atoms with Crippen molar-refractivity contribution >= 4 is 22.7 Å². The first-order chi connectivity index (χ1) is 11.3. The summed E-state index contributed by atoms with van der Waals surface area (Å²) >= 11 is 1.93. The predicted octanol–water partition coefficient (Wildman–Crippen LogP) is 5.29. The molecule has 4 heteroatoms. The van der Waals surface area contributed by atoms with E-state index in [0.29, 0.717) is 0 Å². The van der Waals surface area contributed by atoms with E-state index >= 15 is 0 Å². The molecule has 0 spiro atoms. The maximum atomic E-state index is 6.11. The third-order valence-electron chi connectivity index (χ3n) is 3.77. The molecule has 1 saturated carbocycles. The van der Waals surface area contributed by atoms with Gasteiger partial charge in [0.2, 0.25) is 0 Å². The molecular weight excluding hydrogens is 306 g/mol. The van der Waals surface area contributed by atoms with Gasteiger partial charge in [-0.2, -0.15) is 0 Å². The zero-order valence-corrected chi connectivity index (χ0v) is 13.7. The Bertz CT molecular complexity index is 846. The van der Waals surface area contributed by atoms with E-state index in [1.54, 1.807) is 13.3 Å². The van der Waals surface area contributed by atoms with Gasteiger partial charge in [-0.25, -0.2) is 0 Å². The average Bonchev–Trinajstić information content (AvgIpc) is 3.39. The maximum Gasteiger partial charge on any atom is 0.138 e. The molecule has 0 N–H and O–H groups in total. The topological polar surface area (TPSA) is 31.4 Å². The Morgan fingerprint density at radius 1 is 1.04 bits per heavy atom. The number of benzene rings is 2. The fraction of sp³-hybridized carbons (Fsp3) is 0.211. The van der Waals surface area contributed by atoms with Crippen LogP contribution in [0, 0.1) is 0 Å². The summed E-state index contributed by atoms with van der Waals surface area (Å²) < 4.78 is 11.4. The quantitative estimate of drug-likeness (QED) is 0.638. The summed E-state index contributed by atoms with van der Waals surface area (Å²) in [6, 6.07) is 16.0. The van der Waals surface area contributed by atoms with E-state index < -0.39 is 0 Å². The van der Waals surface area contributed by atoms with Crippen molar-refractivity contribution in [3.8, 4) is 17.2 Å². The number of hydrogen-bond acceptors (Lipinski definition) is 4. The van der Waals surface area contributed by atoms with Gasteiger partial charge in [0.15, 0.2) is 0 Å². The molecule has 0 amide bonds. The van der Waals surface area contributed by atoms with Crippen LogP contribution >= 0.6 is 11.8 Å². The Morgan fingerprint density at radius 2 is 1.96 bits per heavy atom. The van der Waals surface area contributed by atoms with Gasteiger partial charge >= 0.3 is 0 Å². The average molecular weight is 323 g/mol. The van der Waals surface area contributed by atoms with Gasteiger partial charge in [-0.15, -0.1) is 11.8 Å². The zero-order chi connectivity index (χ0) is 15.6. The standard InChI is InChI=1S/C19H17NO2S/c1-21-13-5-8-17-18(12-13)20-10-9-19(17)22-14-3-2-4-16(11-14)23-15-6-7-15/h2-5,8-12,15H,6-7H2,1H3.